The highest BCUT2D eigenvalue weighted by atomic mass is 15.4. The minimum absolute atomic E-state index is 0.768. The molecule has 3 rings (SSSR count). The molecule has 6 heteroatoms. The molecular weight excluding hydrogens is 228 g/mol. The first-order valence-electron chi connectivity index (χ1n) is 6.16. The van der Waals surface area contributed by atoms with E-state index in [2.05, 4.69) is 30.1 Å². The summed E-state index contributed by atoms with van der Waals surface area (Å²) < 4.78 is 0. The van der Waals surface area contributed by atoms with Crippen LogP contribution in [0.4, 0.5) is 5.95 Å². The predicted molar refractivity (Wildman–Crippen MR) is 70.4 cm³/mol. The van der Waals surface area contributed by atoms with Crippen LogP contribution in [0, 0.1) is 0 Å². The molecule has 0 aliphatic carbocycles. The fourth-order valence-corrected chi connectivity index (χ4v) is 2.14. The topological polar surface area (TPSA) is 56.6 Å². The Labute approximate surface area is 106 Å². The van der Waals surface area contributed by atoms with Crippen molar-refractivity contribution in [3.8, 4) is 0 Å². The third-order valence-corrected chi connectivity index (χ3v) is 3.09. The zero-order chi connectivity index (χ0) is 12.2. The van der Waals surface area contributed by atoms with Crippen LogP contribution in [-0.2, 0) is 0 Å². The summed E-state index contributed by atoms with van der Waals surface area (Å²) in [5.41, 5.74) is 0. The molecule has 0 spiro atoms. The van der Waals surface area contributed by atoms with Crippen LogP contribution in [0.2, 0.25) is 0 Å². The number of nitrogens with one attached hydrogen (secondary N) is 1. The lowest BCUT2D eigenvalue weighted by Crippen LogP contribution is -2.52. The largest absolute Gasteiger partial charge is 0.339 e. The summed E-state index contributed by atoms with van der Waals surface area (Å²) in [7, 11) is 0. The molecule has 6 nitrogen and oxygen atoms in total. The van der Waals surface area contributed by atoms with E-state index in [9.17, 15) is 0 Å². The molecule has 0 aromatic carbocycles. The zero-order valence-electron chi connectivity index (χ0n) is 10.2. The van der Waals surface area contributed by atoms with E-state index in [1.165, 1.54) is 0 Å². The molecule has 0 unspecified atom stereocenters. The van der Waals surface area contributed by atoms with Crippen LogP contribution in [0.5, 0.6) is 0 Å². The van der Waals surface area contributed by atoms with Crippen molar-refractivity contribution in [3.63, 3.8) is 0 Å². The van der Waals surface area contributed by atoms with Gasteiger partial charge in [-0.15, -0.1) is 0 Å². The van der Waals surface area contributed by atoms with Gasteiger partial charge in [-0.25, -0.2) is 15.0 Å². The van der Waals surface area contributed by atoms with Gasteiger partial charge in [0.2, 0.25) is 5.95 Å². The second kappa shape index (κ2) is 5.03. The van der Waals surface area contributed by atoms with E-state index in [4.69, 9.17) is 0 Å². The number of hydrogen-bond acceptors (Lipinski definition) is 6. The second-order valence-electron chi connectivity index (χ2n) is 4.23. The first kappa shape index (κ1) is 11.0. The lowest BCUT2D eigenvalue weighted by molar-refractivity contribution is 0.373. The number of piperazine rings is 1. The van der Waals surface area contributed by atoms with Crippen molar-refractivity contribution >= 4 is 11.9 Å². The molecule has 2 aliphatic heterocycles. The molecule has 3 heterocycles. The minimum Gasteiger partial charge on any atom is -0.339 e. The van der Waals surface area contributed by atoms with E-state index in [0.29, 0.717) is 0 Å². The van der Waals surface area contributed by atoms with Gasteiger partial charge in [0, 0.05) is 44.8 Å². The van der Waals surface area contributed by atoms with Crippen molar-refractivity contribution in [1.29, 1.82) is 0 Å². The minimum atomic E-state index is 0.768. The summed E-state index contributed by atoms with van der Waals surface area (Å²) in [6.07, 6.45) is 7.53. The van der Waals surface area contributed by atoms with Crippen LogP contribution >= 0.6 is 0 Å². The summed E-state index contributed by atoms with van der Waals surface area (Å²) in [6.45, 7) is 4.50. The van der Waals surface area contributed by atoms with E-state index < -0.39 is 0 Å². The van der Waals surface area contributed by atoms with Crippen molar-refractivity contribution in [2.75, 3.05) is 37.6 Å². The molecule has 1 saturated heterocycles. The monoisotopic (exact) mass is 244 g/mol. The molecule has 0 bridgehead atoms. The molecule has 1 N–H and O–H groups in total. The van der Waals surface area contributed by atoms with Crippen LogP contribution in [0.15, 0.2) is 35.7 Å². The van der Waals surface area contributed by atoms with Crippen LogP contribution in [-0.4, -0.2) is 53.6 Å². The maximum atomic E-state index is 4.45. The van der Waals surface area contributed by atoms with Crippen LogP contribution in [0.25, 0.3) is 0 Å². The van der Waals surface area contributed by atoms with Crippen molar-refractivity contribution in [2.24, 2.45) is 4.99 Å². The zero-order valence-corrected chi connectivity index (χ0v) is 10.2. The molecule has 1 aromatic heterocycles. The Morgan fingerprint density at radius 3 is 2.39 bits per heavy atom. The highest BCUT2D eigenvalue weighted by molar-refractivity contribution is 5.82. The van der Waals surface area contributed by atoms with Gasteiger partial charge in [0.25, 0.3) is 0 Å². The number of hydrogen-bond donors (Lipinski definition) is 1. The molecule has 0 saturated carbocycles. The third kappa shape index (κ3) is 2.27. The Kier molecular flexibility index (Phi) is 3.08. The molecule has 1 fully saturated rings. The van der Waals surface area contributed by atoms with Gasteiger partial charge in [-0.3, -0.25) is 0 Å². The van der Waals surface area contributed by atoms with Crippen LogP contribution in [0.3, 0.4) is 0 Å². The Morgan fingerprint density at radius 2 is 1.72 bits per heavy atom. The van der Waals surface area contributed by atoms with Crippen molar-refractivity contribution in [2.45, 2.75) is 0 Å². The highest BCUT2D eigenvalue weighted by Crippen LogP contribution is 2.10. The van der Waals surface area contributed by atoms with Gasteiger partial charge in [0.15, 0.2) is 5.96 Å². The van der Waals surface area contributed by atoms with Gasteiger partial charge in [0.1, 0.15) is 0 Å². The number of rotatable bonds is 1. The second-order valence-corrected chi connectivity index (χ2v) is 4.23. The van der Waals surface area contributed by atoms with Crippen molar-refractivity contribution in [1.82, 2.24) is 20.2 Å². The van der Waals surface area contributed by atoms with Crippen molar-refractivity contribution in [3.05, 3.63) is 30.7 Å². The Balaban J connectivity index is 1.60. The van der Waals surface area contributed by atoms with E-state index in [1.54, 1.807) is 12.4 Å². The number of anilines is 1. The molecular formula is C12H16N6. The molecule has 18 heavy (non-hydrogen) atoms. The molecule has 2 aliphatic rings. The summed E-state index contributed by atoms with van der Waals surface area (Å²) in [6, 6.07) is 1.84. The van der Waals surface area contributed by atoms with Gasteiger partial charge in [-0.05, 0) is 12.1 Å². The maximum Gasteiger partial charge on any atom is 0.225 e. The maximum absolute atomic E-state index is 4.45. The Bertz CT molecular complexity index is 447. The van der Waals surface area contributed by atoms with Crippen LogP contribution < -0.4 is 10.2 Å². The average Bonchev–Trinajstić information content (AvgIpc) is 2.49. The fraction of sp³-hybridized carbons (Fsp3) is 0.417. The van der Waals surface area contributed by atoms with Gasteiger partial charge in [-0.1, -0.05) is 0 Å². The summed E-state index contributed by atoms with van der Waals surface area (Å²) in [4.78, 5) is 17.5. The van der Waals surface area contributed by atoms with Crippen molar-refractivity contribution < 1.29 is 0 Å². The lowest BCUT2D eigenvalue weighted by Gasteiger charge is -2.36. The van der Waals surface area contributed by atoms with E-state index in [-0.39, 0.29) is 0 Å². The number of guanidine groups is 1. The number of aromatic nitrogens is 2. The predicted octanol–water partition coefficient (Wildman–Crippen LogP) is 0.0715. The van der Waals surface area contributed by atoms with Crippen LogP contribution in [0.1, 0.15) is 0 Å². The number of aliphatic imine (C=N–C) groups is 1. The van der Waals surface area contributed by atoms with Gasteiger partial charge >= 0.3 is 0 Å². The molecule has 0 atom stereocenters. The first-order chi connectivity index (χ1) is 8.93. The first-order valence-corrected chi connectivity index (χ1v) is 6.16. The SMILES string of the molecule is C1=CNC(N2CCN(c3ncccn3)CC2)=NC1. The van der Waals surface area contributed by atoms with Gasteiger partial charge in [-0.2, -0.15) is 0 Å². The smallest absolute Gasteiger partial charge is 0.225 e. The highest BCUT2D eigenvalue weighted by Gasteiger charge is 2.21. The summed E-state index contributed by atoms with van der Waals surface area (Å²) >= 11 is 0. The van der Waals surface area contributed by atoms with E-state index in [1.807, 2.05) is 18.3 Å². The van der Waals surface area contributed by atoms with E-state index >= 15 is 0 Å². The van der Waals surface area contributed by atoms with E-state index in [0.717, 1.165) is 44.6 Å². The van der Waals surface area contributed by atoms with Gasteiger partial charge in [0.05, 0.1) is 6.54 Å². The molecule has 94 valence electrons. The molecule has 0 amide bonds. The third-order valence-electron chi connectivity index (χ3n) is 3.09. The Hall–Kier alpha value is -2.11. The fourth-order valence-electron chi connectivity index (χ4n) is 2.14. The Morgan fingerprint density at radius 1 is 1.00 bits per heavy atom. The molecule has 0 radical (unpaired) electrons. The average molecular weight is 244 g/mol. The standard InChI is InChI=1S/C12H16N6/c1-3-13-11(14-4-1)17-7-9-18(10-8-17)12-15-5-2-6-16-12/h1-5H,6-10H2,(H,15,16). The lowest BCUT2D eigenvalue weighted by atomic mass is 10.3. The summed E-state index contributed by atoms with van der Waals surface area (Å²) in [5, 5.41) is 3.19. The summed E-state index contributed by atoms with van der Waals surface area (Å²) in [5.74, 6) is 1.79. The quantitative estimate of drug-likeness (QED) is 0.757. The van der Waals surface area contributed by atoms with Gasteiger partial charge < -0.3 is 15.1 Å². The number of nitrogens with zero attached hydrogens (tertiary/aromatic N) is 5. The normalized spacial score (nSPS) is 19.4. The molecule has 1 aromatic rings.